The van der Waals surface area contributed by atoms with E-state index in [4.69, 9.17) is 20.8 Å². The third kappa shape index (κ3) is 5.66. The van der Waals surface area contributed by atoms with Gasteiger partial charge >= 0.3 is 0 Å². The minimum atomic E-state index is -3.94. The van der Waals surface area contributed by atoms with Crippen molar-refractivity contribution < 1.29 is 17.6 Å². The Morgan fingerprint density at radius 1 is 0.943 bits per heavy atom. The molecule has 3 aromatic carbocycles. The second kappa shape index (κ2) is 10.5. The van der Waals surface area contributed by atoms with Crippen LogP contribution in [-0.4, -0.2) is 25.2 Å². The van der Waals surface area contributed by atoms with Gasteiger partial charge < -0.3 is 9.15 Å². The van der Waals surface area contributed by atoms with Gasteiger partial charge in [-0.2, -0.15) is 0 Å². The molecule has 0 amide bonds. The lowest BCUT2D eigenvalue weighted by Gasteiger charge is -2.25. The number of anilines is 1. The highest BCUT2D eigenvalue weighted by Gasteiger charge is 2.28. The molecule has 1 heterocycles. The van der Waals surface area contributed by atoms with Crippen LogP contribution >= 0.6 is 11.6 Å². The number of aromatic nitrogens is 2. The Morgan fingerprint density at radius 3 is 2.31 bits per heavy atom. The lowest BCUT2D eigenvalue weighted by atomic mass is 10.1. The van der Waals surface area contributed by atoms with Crippen molar-refractivity contribution in [1.82, 2.24) is 10.2 Å². The summed E-state index contributed by atoms with van der Waals surface area (Å²) < 4.78 is 39.9. The van der Waals surface area contributed by atoms with Crippen LogP contribution in [0, 0.1) is 13.8 Å². The molecule has 0 saturated heterocycles. The molecule has 0 atom stereocenters. The van der Waals surface area contributed by atoms with Crippen LogP contribution in [0.5, 0.6) is 5.75 Å². The minimum absolute atomic E-state index is 0.131. The van der Waals surface area contributed by atoms with E-state index in [1.165, 1.54) is 4.31 Å². The Balaban J connectivity index is 1.63. The monoisotopic (exact) mass is 511 g/mol. The maximum atomic E-state index is 13.7. The van der Waals surface area contributed by atoms with Gasteiger partial charge in [0.1, 0.15) is 12.3 Å². The molecule has 0 spiro atoms. The summed E-state index contributed by atoms with van der Waals surface area (Å²) >= 11 is 6.32. The van der Waals surface area contributed by atoms with Gasteiger partial charge in [-0.05, 0) is 68.3 Å². The summed E-state index contributed by atoms with van der Waals surface area (Å²) in [6, 6.07) is 19.5. The van der Waals surface area contributed by atoms with Gasteiger partial charge in [0.2, 0.25) is 11.8 Å². The fourth-order valence-electron chi connectivity index (χ4n) is 3.59. The standard InChI is InChI=1S/C26H26ClN3O4S/c1-4-33-21-12-10-20(11-13-21)16-25-28-29-26(34-25)17-30(24-7-5-6-23(27)19(24)3)35(31,32)22-14-8-18(2)9-15-22/h5-15H,4,16-17H2,1-3H3. The summed E-state index contributed by atoms with van der Waals surface area (Å²) in [5.41, 5.74) is 3.02. The Kier molecular flexibility index (Phi) is 7.42. The highest BCUT2D eigenvalue weighted by atomic mass is 35.5. The van der Waals surface area contributed by atoms with E-state index < -0.39 is 10.0 Å². The average Bonchev–Trinajstić information content (AvgIpc) is 3.28. The molecule has 35 heavy (non-hydrogen) atoms. The quantitative estimate of drug-likeness (QED) is 0.285. The molecule has 0 aliphatic rings. The first-order valence-electron chi connectivity index (χ1n) is 11.2. The van der Waals surface area contributed by atoms with Crippen LogP contribution in [0.3, 0.4) is 0 Å². The predicted octanol–water partition coefficient (Wildman–Crippen LogP) is 5.72. The Hall–Kier alpha value is -3.36. The van der Waals surface area contributed by atoms with E-state index in [9.17, 15) is 8.42 Å². The van der Waals surface area contributed by atoms with Gasteiger partial charge in [0.05, 0.1) is 23.6 Å². The van der Waals surface area contributed by atoms with Crippen LogP contribution in [0.4, 0.5) is 5.69 Å². The molecular formula is C26H26ClN3O4S. The second-order valence-corrected chi connectivity index (χ2v) is 10.3. The van der Waals surface area contributed by atoms with Crippen LogP contribution in [0.25, 0.3) is 0 Å². The lowest BCUT2D eigenvalue weighted by Crippen LogP contribution is -2.31. The predicted molar refractivity (Wildman–Crippen MR) is 135 cm³/mol. The molecule has 0 bridgehead atoms. The second-order valence-electron chi connectivity index (χ2n) is 8.05. The number of halogens is 1. The largest absolute Gasteiger partial charge is 0.494 e. The molecule has 0 saturated carbocycles. The summed E-state index contributed by atoms with van der Waals surface area (Å²) in [6.45, 7) is 6.08. The SMILES string of the molecule is CCOc1ccc(Cc2nnc(CN(c3cccc(Cl)c3C)S(=O)(=O)c3ccc(C)cc3)o2)cc1. The van der Waals surface area contributed by atoms with Crippen molar-refractivity contribution in [2.75, 3.05) is 10.9 Å². The lowest BCUT2D eigenvalue weighted by molar-refractivity contribution is 0.340. The number of hydrogen-bond donors (Lipinski definition) is 0. The normalized spacial score (nSPS) is 11.4. The number of benzene rings is 3. The molecule has 0 aliphatic heterocycles. The highest BCUT2D eigenvalue weighted by Crippen LogP contribution is 2.32. The van der Waals surface area contributed by atoms with Gasteiger partial charge in [-0.25, -0.2) is 8.42 Å². The fourth-order valence-corrected chi connectivity index (χ4v) is 5.24. The van der Waals surface area contributed by atoms with Gasteiger partial charge in [-0.15, -0.1) is 10.2 Å². The van der Waals surface area contributed by atoms with E-state index in [0.717, 1.165) is 16.9 Å². The van der Waals surface area contributed by atoms with E-state index in [-0.39, 0.29) is 17.3 Å². The molecule has 0 aliphatic carbocycles. The average molecular weight is 512 g/mol. The van der Waals surface area contributed by atoms with Crippen LogP contribution in [0.2, 0.25) is 5.02 Å². The maximum absolute atomic E-state index is 13.7. The molecule has 0 fully saturated rings. The highest BCUT2D eigenvalue weighted by molar-refractivity contribution is 7.92. The Morgan fingerprint density at radius 2 is 1.63 bits per heavy atom. The van der Waals surface area contributed by atoms with E-state index in [1.54, 1.807) is 49.4 Å². The summed E-state index contributed by atoms with van der Waals surface area (Å²) in [4.78, 5) is 0.164. The maximum Gasteiger partial charge on any atom is 0.264 e. The van der Waals surface area contributed by atoms with Crippen molar-refractivity contribution in [2.24, 2.45) is 0 Å². The summed E-state index contributed by atoms with van der Waals surface area (Å²) in [5.74, 6) is 1.36. The molecule has 182 valence electrons. The van der Waals surface area contributed by atoms with Crippen molar-refractivity contribution in [2.45, 2.75) is 38.6 Å². The van der Waals surface area contributed by atoms with Crippen molar-refractivity contribution in [3.05, 3.63) is 100 Å². The third-order valence-corrected chi connectivity index (χ3v) is 7.68. The zero-order valence-corrected chi connectivity index (χ0v) is 21.3. The Labute approximate surface area is 210 Å². The van der Waals surface area contributed by atoms with Gasteiger partial charge in [0, 0.05) is 5.02 Å². The summed E-state index contributed by atoms with van der Waals surface area (Å²) in [5, 5.41) is 8.71. The van der Waals surface area contributed by atoms with Gasteiger partial charge in [0.25, 0.3) is 10.0 Å². The van der Waals surface area contributed by atoms with E-state index in [2.05, 4.69) is 10.2 Å². The van der Waals surface area contributed by atoms with Crippen LogP contribution < -0.4 is 9.04 Å². The number of sulfonamides is 1. The van der Waals surface area contributed by atoms with Crippen molar-refractivity contribution >= 4 is 27.3 Å². The summed E-state index contributed by atoms with van der Waals surface area (Å²) in [6.07, 6.45) is 0.417. The first-order valence-corrected chi connectivity index (χ1v) is 13.0. The molecule has 0 N–H and O–H groups in total. The number of nitrogens with zero attached hydrogens (tertiary/aromatic N) is 3. The molecule has 4 aromatic rings. The van der Waals surface area contributed by atoms with Gasteiger partial charge in [-0.1, -0.05) is 47.5 Å². The van der Waals surface area contributed by atoms with Gasteiger partial charge in [-0.3, -0.25) is 4.31 Å². The smallest absolute Gasteiger partial charge is 0.264 e. The van der Waals surface area contributed by atoms with Crippen LogP contribution in [0.15, 0.2) is 76.0 Å². The third-order valence-electron chi connectivity index (χ3n) is 5.49. The first-order chi connectivity index (χ1) is 16.8. The number of hydrogen-bond acceptors (Lipinski definition) is 6. The topological polar surface area (TPSA) is 85.5 Å². The number of ether oxygens (including phenoxy) is 1. The van der Waals surface area contributed by atoms with E-state index in [0.29, 0.717) is 35.2 Å². The minimum Gasteiger partial charge on any atom is -0.494 e. The molecule has 7 nitrogen and oxygen atoms in total. The molecule has 0 radical (unpaired) electrons. The molecule has 0 unspecified atom stereocenters. The zero-order valence-electron chi connectivity index (χ0n) is 19.7. The Bertz CT molecular complexity index is 1400. The number of rotatable bonds is 9. The molecule has 9 heteroatoms. The molecule has 4 rings (SSSR count). The van der Waals surface area contributed by atoms with Crippen LogP contribution in [-0.2, 0) is 23.0 Å². The van der Waals surface area contributed by atoms with Crippen LogP contribution in [0.1, 0.15) is 35.4 Å². The molecular weight excluding hydrogens is 486 g/mol. The first kappa shape index (κ1) is 24.8. The fraction of sp³-hybridized carbons (Fsp3) is 0.231. The summed E-state index contributed by atoms with van der Waals surface area (Å²) in [7, 11) is -3.94. The van der Waals surface area contributed by atoms with E-state index >= 15 is 0 Å². The van der Waals surface area contributed by atoms with Crippen molar-refractivity contribution in [1.29, 1.82) is 0 Å². The van der Waals surface area contributed by atoms with Crippen molar-refractivity contribution in [3.63, 3.8) is 0 Å². The molecule has 1 aromatic heterocycles. The van der Waals surface area contributed by atoms with Crippen molar-refractivity contribution in [3.8, 4) is 5.75 Å². The zero-order chi connectivity index (χ0) is 25.0. The number of aryl methyl sites for hydroxylation is 1. The van der Waals surface area contributed by atoms with E-state index in [1.807, 2.05) is 38.1 Å². The van der Waals surface area contributed by atoms with Gasteiger partial charge in [0.15, 0.2) is 0 Å².